The second-order valence-electron chi connectivity index (χ2n) is 4.42. The molecule has 0 radical (unpaired) electrons. The summed E-state index contributed by atoms with van der Waals surface area (Å²) >= 11 is 0. The molecule has 2 rings (SSSR count). The highest BCUT2D eigenvalue weighted by Gasteiger charge is 2.41. The van der Waals surface area contributed by atoms with Gasteiger partial charge in [0.25, 0.3) is 0 Å². The zero-order chi connectivity index (χ0) is 12.5. The third kappa shape index (κ3) is 2.07. The molecule has 1 unspecified atom stereocenters. The highest BCUT2D eigenvalue weighted by Crippen LogP contribution is 2.37. The van der Waals surface area contributed by atoms with Crippen LogP contribution in [0.4, 0.5) is 8.78 Å². The smallest absolute Gasteiger partial charge is 0.164 e. The van der Waals surface area contributed by atoms with E-state index in [0.717, 1.165) is 19.2 Å². The van der Waals surface area contributed by atoms with Crippen molar-refractivity contribution in [3.8, 4) is 0 Å². The summed E-state index contributed by atoms with van der Waals surface area (Å²) in [6.45, 7) is 4.40. The predicted molar refractivity (Wildman–Crippen MR) is 61.8 cm³/mol. The number of ether oxygens (including phenoxy) is 1. The van der Waals surface area contributed by atoms with Crippen molar-refractivity contribution in [3.05, 3.63) is 35.4 Å². The van der Waals surface area contributed by atoms with Crippen LogP contribution in [0.2, 0.25) is 0 Å². The van der Waals surface area contributed by atoms with Crippen LogP contribution in [-0.2, 0) is 10.3 Å². The fourth-order valence-corrected chi connectivity index (χ4v) is 2.48. The Morgan fingerprint density at radius 3 is 2.76 bits per heavy atom. The van der Waals surface area contributed by atoms with Crippen molar-refractivity contribution in [1.29, 1.82) is 0 Å². The van der Waals surface area contributed by atoms with Gasteiger partial charge in [-0.25, -0.2) is 8.78 Å². The molecule has 1 saturated heterocycles. The Balaban J connectivity index is 2.39. The molecule has 0 saturated carbocycles. The van der Waals surface area contributed by atoms with Gasteiger partial charge in [-0.3, -0.25) is 0 Å². The van der Waals surface area contributed by atoms with Gasteiger partial charge in [0.2, 0.25) is 0 Å². The van der Waals surface area contributed by atoms with Crippen LogP contribution < -0.4 is 0 Å². The summed E-state index contributed by atoms with van der Waals surface area (Å²) in [4.78, 5) is 2.17. The highest BCUT2D eigenvalue weighted by molar-refractivity contribution is 5.27. The lowest BCUT2D eigenvalue weighted by Gasteiger charge is -2.28. The molecule has 1 aliphatic heterocycles. The van der Waals surface area contributed by atoms with Gasteiger partial charge in [-0.05, 0) is 19.0 Å². The number of likely N-dealkylation sites (N-methyl/N-ethyl adjacent to an activating group) is 1. The molecule has 0 bridgehead atoms. The maximum Gasteiger partial charge on any atom is 0.164 e. The third-order valence-electron chi connectivity index (χ3n) is 3.59. The molecule has 4 heteroatoms. The summed E-state index contributed by atoms with van der Waals surface area (Å²) < 4.78 is 32.6. The molecule has 0 aromatic heterocycles. The van der Waals surface area contributed by atoms with Crippen LogP contribution in [0.25, 0.3) is 0 Å². The molecule has 1 aromatic carbocycles. The lowest BCUT2D eigenvalue weighted by Crippen LogP contribution is -2.34. The molecule has 1 heterocycles. The second kappa shape index (κ2) is 4.70. The van der Waals surface area contributed by atoms with E-state index < -0.39 is 17.2 Å². The van der Waals surface area contributed by atoms with Gasteiger partial charge in [0.15, 0.2) is 11.6 Å². The standard InChI is InChI=1S/C13H17F2NO/c1-3-16-8-7-13(9-16,17-2)10-5-4-6-11(14)12(10)15/h4-6H,3,7-9H2,1-2H3. The SMILES string of the molecule is CCN1CCC(OC)(c2cccc(F)c2F)C1. The number of hydrogen-bond acceptors (Lipinski definition) is 2. The lowest BCUT2D eigenvalue weighted by molar-refractivity contribution is -0.00869. The zero-order valence-electron chi connectivity index (χ0n) is 10.2. The van der Waals surface area contributed by atoms with Gasteiger partial charge in [-0.1, -0.05) is 19.1 Å². The van der Waals surface area contributed by atoms with Crippen LogP contribution in [0.5, 0.6) is 0 Å². The average molecular weight is 241 g/mol. The van der Waals surface area contributed by atoms with Gasteiger partial charge in [-0.2, -0.15) is 0 Å². The van der Waals surface area contributed by atoms with Crippen molar-refractivity contribution in [2.75, 3.05) is 26.7 Å². The van der Waals surface area contributed by atoms with Crippen molar-refractivity contribution < 1.29 is 13.5 Å². The summed E-state index contributed by atoms with van der Waals surface area (Å²) in [7, 11) is 1.56. The number of rotatable bonds is 3. The number of likely N-dealkylation sites (tertiary alicyclic amines) is 1. The summed E-state index contributed by atoms with van der Waals surface area (Å²) in [5.74, 6) is -1.60. The van der Waals surface area contributed by atoms with Gasteiger partial charge >= 0.3 is 0 Å². The van der Waals surface area contributed by atoms with E-state index >= 15 is 0 Å². The van der Waals surface area contributed by atoms with Crippen LogP contribution in [0.3, 0.4) is 0 Å². The van der Waals surface area contributed by atoms with E-state index in [1.54, 1.807) is 13.2 Å². The Bertz CT molecular complexity index is 410. The number of methoxy groups -OCH3 is 1. The first-order valence-corrected chi connectivity index (χ1v) is 5.85. The van der Waals surface area contributed by atoms with Crippen molar-refractivity contribution in [3.63, 3.8) is 0 Å². The van der Waals surface area contributed by atoms with Gasteiger partial charge < -0.3 is 9.64 Å². The fraction of sp³-hybridized carbons (Fsp3) is 0.538. The van der Waals surface area contributed by atoms with E-state index in [2.05, 4.69) is 4.90 Å². The molecule has 1 aliphatic rings. The minimum absolute atomic E-state index is 0.330. The molecule has 0 spiro atoms. The van der Waals surface area contributed by atoms with Crippen LogP contribution in [0, 0.1) is 11.6 Å². The number of benzene rings is 1. The first-order valence-electron chi connectivity index (χ1n) is 5.85. The monoisotopic (exact) mass is 241 g/mol. The van der Waals surface area contributed by atoms with E-state index in [4.69, 9.17) is 4.74 Å². The van der Waals surface area contributed by atoms with E-state index in [-0.39, 0.29) is 0 Å². The Hall–Kier alpha value is -1.00. The maximum absolute atomic E-state index is 13.8. The number of hydrogen-bond donors (Lipinski definition) is 0. The Morgan fingerprint density at radius 2 is 2.18 bits per heavy atom. The Kier molecular flexibility index (Phi) is 3.45. The molecular formula is C13H17F2NO. The molecular weight excluding hydrogens is 224 g/mol. The highest BCUT2D eigenvalue weighted by atomic mass is 19.2. The van der Waals surface area contributed by atoms with Crippen molar-refractivity contribution in [1.82, 2.24) is 4.90 Å². The normalized spacial score (nSPS) is 25.4. The second-order valence-corrected chi connectivity index (χ2v) is 4.42. The first-order chi connectivity index (χ1) is 8.13. The Labute approximate surface area is 100 Å². The molecule has 17 heavy (non-hydrogen) atoms. The number of nitrogens with zero attached hydrogens (tertiary/aromatic N) is 1. The van der Waals surface area contributed by atoms with E-state index in [1.807, 2.05) is 6.92 Å². The largest absolute Gasteiger partial charge is 0.372 e. The van der Waals surface area contributed by atoms with Gasteiger partial charge in [0, 0.05) is 25.8 Å². The molecule has 0 aliphatic carbocycles. The molecule has 0 N–H and O–H groups in total. The predicted octanol–water partition coefficient (Wildman–Crippen LogP) is 2.53. The molecule has 0 amide bonds. The fourth-order valence-electron chi connectivity index (χ4n) is 2.48. The summed E-state index contributed by atoms with van der Waals surface area (Å²) in [5.41, 5.74) is -0.377. The zero-order valence-corrected chi connectivity index (χ0v) is 10.2. The molecule has 1 aromatic rings. The van der Waals surface area contributed by atoms with Crippen LogP contribution >= 0.6 is 0 Å². The number of halogens is 2. The molecule has 94 valence electrons. The summed E-state index contributed by atoms with van der Waals surface area (Å²) in [6, 6.07) is 4.28. The van der Waals surface area contributed by atoms with Crippen molar-refractivity contribution in [2.24, 2.45) is 0 Å². The van der Waals surface area contributed by atoms with Crippen LogP contribution in [0.15, 0.2) is 18.2 Å². The van der Waals surface area contributed by atoms with Crippen molar-refractivity contribution in [2.45, 2.75) is 18.9 Å². The molecule has 1 fully saturated rings. The minimum Gasteiger partial charge on any atom is -0.372 e. The third-order valence-corrected chi connectivity index (χ3v) is 3.59. The lowest BCUT2D eigenvalue weighted by atomic mass is 9.92. The first kappa shape index (κ1) is 12.5. The van der Waals surface area contributed by atoms with E-state index in [9.17, 15) is 8.78 Å². The van der Waals surface area contributed by atoms with E-state index in [1.165, 1.54) is 6.07 Å². The quantitative estimate of drug-likeness (QED) is 0.806. The minimum atomic E-state index is -0.811. The van der Waals surface area contributed by atoms with Crippen molar-refractivity contribution >= 4 is 0 Å². The summed E-state index contributed by atoms with van der Waals surface area (Å²) in [5, 5.41) is 0. The Morgan fingerprint density at radius 1 is 1.41 bits per heavy atom. The van der Waals surface area contributed by atoms with E-state index in [0.29, 0.717) is 18.5 Å². The van der Waals surface area contributed by atoms with Crippen LogP contribution in [0.1, 0.15) is 18.9 Å². The topological polar surface area (TPSA) is 12.5 Å². The summed E-state index contributed by atoms with van der Waals surface area (Å²) in [6.07, 6.45) is 0.692. The average Bonchev–Trinajstić information content (AvgIpc) is 2.77. The maximum atomic E-state index is 13.8. The molecule has 2 nitrogen and oxygen atoms in total. The van der Waals surface area contributed by atoms with Gasteiger partial charge in [0.1, 0.15) is 5.60 Å². The van der Waals surface area contributed by atoms with Crippen LogP contribution in [-0.4, -0.2) is 31.6 Å². The van der Waals surface area contributed by atoms with Gasteiger partial charge in [-0.15, -0.1) is 0 Å². The molecule has 1 atom stereocenters. The van der Waals surface area contributed by atoms with Gasteiger partial charge in [0.05, 0.1) is 0 Å².